The van der Waals surface area contributed by atoms with Crippen molar-refractivity contribution in [3.05, 3.63) is 65.1 Å². The molecule has 0 atom stereocenters. The van der Waals surface area contributed by atoms with Crippen LogP contribution in [0, 0.1) is 5.82 Å². The Hall–Kier alpha value is -2.33. The van der Waals surface area contributed by atoms with E-state index in [4.69, 9.17) is 11.6 Å². The summed E-state index contributed by atoms with van der Waals surface area (Å²) in [5, 5.41) is 3.92. The van der Waals surface area contributed by atoms with Gasteiger partial charge in [0.05, 0.1) is 5.02 Å². The van der Waals surface area contributed by atoms with Gasteiger partial charge in [-0.2, -0.15) is 0 Å². The number of para-hydroxylation sites is 1. The summed E-state index contributed by atoms with van der Waals surface area (Å²) in [6.45, 7) is 0. The van der Waals surface area contributed by atoms with Crippen molar-refractivity contribution in [3.63, 3.8) is 0 Å². The van der Waals surface area contributed by atoms with Crippen molar-refractivity contribution in [1.82, 2.24) is 4.98 Å². The topological polar surface area (TPSA) is 44.9 Å². The lowest BCUT2D eigenvalue weighted by Gasteiger charge is -2.06. The van der Waals surface area contributed by atoms with E-state index in [1.165, 1.54) is 29.1 Å². The predicted molar refractivity (Wildman–Crippen MR) is 91.3 cm³/mol. The van der Waals surface area contributed by atoms with Crippen LogP contribution in [0.1, 0.15) is 18.4 Å². The van der Waals surface area contributed by atoms with Gasteiger partial charge in [0.25, 0.3) is 0 Å². The smallest absolute Gasteiger partial charge is 0.224 e. The van der Waals surface area contributed by atoms with Crippen LogP contribution in [0.5, 0.6) is 0 Å². The third-order valence-corrected chi connectivity index (χ3v) is 4.02. The Morgan fingerprint density at radius 2 is 2.04 bits per heavy atom. The Bertz CT molecular complexity index is 844. The Morgan fingerprint density at radius 1 is 1.22 bits per heavy atom. The first kappa shape index (κ1) is 15.6. The zero-order chi connectivity index (χ0) is 16.2. The van der Waals surface area contributed by atoms with E-state index < -0.39 is 5.82 Å². The number of anilines is 1. The zero-order valence-electron chi connectivity index (χ0n) is 12.4. The molecular weight excluding hydrogens is 315 g/mol. The average molecular weight is 331 g/mol. The third-order valence-electron chi connectivity index (χ3n) is 3.73. The molecule has 1 aromatic heterocycles. The fraction of sp³-hybridized carbons (Fsp3) is 0.167. The lowest BCUT2D eigenvalue weighted by Crippen LogP contribution is -2.11. The summed E-state index contributed by atoms with van der Waals surface area (Å²) in [5.74, 6) is -0.600. The van der Waals surface area contributed by atoms with Gasteiger partial charge in [0.15, 0.2) is 0 Å². The fourth-order valence-electron chi connectivity index (χ4n) is 2.58. The number of aromatic amines is 1. The number of halogens is 2. The second kappa shape index (κ2) is 6.84. The van der Waals surface area contributed by atoms with Gasteiger partial charge >= 0.3 is 0 Å². The van der Waals surface area contributed by atoms with Gasteiger partial charge in [-0.1, -0.05) is 29.8 Å². The summed E-state index contributed by atoms with van der Waals surface area (Å²) >= 11 is 5.69. The highest BCUT2D eigenvalue weighted by Gasteiger charge is 2.07. The Morgan fingerprint density at radius 3 is 2.87 bits per heavy atom. The Balaban J connectivity index is 1.54. The van der Waals surface area contributed by atoms with Gasteiger partial charge in [-0.25, -0.2) is 4.39 Å². The van der Waals surface area contributed by atoms with Crippen LogP contribution in [-0.2, 0) is 11.2 Å². The lowest BCUT2D eigenvalue weighted by molar-refractivity contribution is -0.116. The molecule has 0 bridgehead atoms. The van der Waals surface area contributed by atoms with Gasteiger partial charge in [0.1, 0.15) is 5.82 Å². The van der Waals surface area contributed by atoms with Crippen LogP contribution in [0.25, 0.3) is 10.9 Å². The van der Waals surface area contributed by atoms with Gasteiger partial charge in [-0.3, -0.25) is 4.79 Å². The van der Waals surface area contributed by atoms with Gasteiger partial charge in [-0.15, -0.1) is 0 Å². The van der Waals surface area contributed by atoms with E-state index in [0.717, 1.165) is 18.4 Å². The number of fused-ring (bicyclic) bond motifs is 1. The SMILES string of the molecule is O=C(CCCc1c[nH]c2ccccc12)Nc1ccc(F)c(Cl)c1. The quantitative estimate of drug-likeness (QED) is 0.685. The number of aryl methyl sites for hydroxylation is 1. The molecule has 118 valence electrons. The number of rotatable bonds is 5. The standard InChI is InChI=1S/C18H16ClFN2O/c19-15-10-13(8-9-16(15)20)22-18(23)7-3-4-12-11-21-17-6-2-1-5-14(12)17/h1-2,5-6,8-11,21H,3-4,7H2,(H,22,23). The highest BCUT2D eigenvalue weighted by atomic mass is 35.5. The van der Waals surface area contributed by atoms with Crippen LogP contribution in [0.15, 0.2) is 48.7 Å². The maximum absolute atomic E-state index is 13.1. The minimum Gasteiger partial charge on any atom is -0.361 e. The average Bonchev–Trinajstić information content (AvgIpc) is 2.94. The van der Waals surface area contributed by atoms with Gasteiger partial charge in [0, 0.05) is 29.2 Å². The summed E-state index contributed by atoms with van der Waals surface area (Å²) in [5.41, 5.74) is 2.82. The largest absolute Gasteiger partial charge is 0.361 e. The summed E-state index contributed by atoms with van der Waals surface area (Å²) in [6, 6.07) is 12.2. The number of hydrogen-bond donors (Lipinski definition) is 2. The summed E-state index contributed by atoms with van der Waals surface area (Å²) < 4.78 is 13.1. The lowest BCUT2D eigenvalue weighted by atomic mass is 10.1. The van der Waals surface area contributed by atoms with Crippen molar-refractivity contribution >= 4 is 34.1 Å². The summed E-state index contributed by atoms with van der Waals surface area (Å²) in [7, 11) is 0. The number of H-pyrrole nitrogens is 1. The fourth-order valence-corrected chi connectivity index (χ4v) is 2.76. The third kappa shape index (κ3) is 3.71. The van der Waals surface area contributed by atoms with Gasteiger partial charge in [0.2, 0.25) is 5.91 Å². The summed E-state index contributed by atoms with van der Waals surface area (Å²) in [6.07, 6.45) is 3.95. The van der Waals surface area contributed by atoms with Crippen LogP contribution in [-0.4, -0.2) is 10.9 Å². The second-order valence-corrected chi connectivity index (χ2v) is 5.80. The minimum atomic E-state index is -0.496. The Labute approximate surface area is 138 Å². The molecule has 5 heteroatoms. The molecular formula is C18H16ClFN2O. The number of amides is 1. The normalized spacial score (nSPS) is 10.9. The van der Waals surface area contributed by atoms with Crippen LogP contribution in [0.3, 0.4) is 0 Å². The molecule has 0 saturated heterocycles. The molecule has 3 rings (SSSR count). The molecule has 0 aliphatic carbocycles. The van der Waals surface area contributed by atoms with E-state index >= 15 is 0 Å². The van der Waals surface area contributed by atoms with Crippen LogP contribution >= 0.6 is 11.6 Å². The molecule has 3 nitrogen and oxygen atoms in total. The van der Waals surface area contributed by atoms with Gasteiger partial charge in [-0.05, 0) is 42.7 Å². The first-order valence-corrected chi connectivity index (χ1v) is 7.81. The minimum absolute atomic E-state index is 0.00147. The number of nitrogens with one attached hydrogen (secondary N) is 2. The van der Waals surface area contributed by atoms with E-state index in [9.17, 15) is 9.18 Å². The highest BCUT2D eigenvalue weighted by molar-refractivity contribution is 6.31. The monoisotopic (exact) mass is 330 g/mol. The second-order valence-electron chi connectivity index (χ2n) is 5.39. The zero-order valence-corrected chi connectivity index (χ0v) is 13.2. The van der Waals surface area contributed by atoms with Crippen molar-refractivity contribution < 1.29 is 9.18 Å². The molecule has 3 aromatic rings. The number of hydrogen-bond acceptors (Lipinski definition) is 1. The van der Waals surface area contributed by atoms with E-state index in [1.807, 2.05) is 24.4 Å². The van der Waals surface area contributed by atoms with Crippen molar-refractivity contribution in [2.24, 2.45) is 0 Å². The molecule has 0 unspecified atom stereocenters. The van der Waals surface area contributed by atoms with E-state index in [-0.39, 0.29) is 10.9 Å². The maximum Gasteiger partial charge on any atom is 0.224 e. The molecule has 0 aliphatic rings. The summed E-state index contributed by atoms with van der Waals surface area (Å²) in [4.78, 5) is 15.2. The van der Waals surface area contributed by atoms with Crippen molar-refractivity contribution in [2.45, 2.75) is 19.3 Å². The molecule has 23 heavy (non-hydrogen) atoms. The molecule has 0 radical (unpaired) electrons. The van der Waals surface area contributed by atoms with Crippen molar-refractivity contribution in [2.75, 3.05) is 5.32 Å². The highest BCUT2D eigenvalue weighted by Crippen LogP contribution is 2.21. The molecule has 1 heterocycles. The number of aromatic nitrogens is 1. The van der Waals surface area contributed by atoms with Gasteiger partial charge < -0.3 is 10.3 Å². The van der Waals surface area contributed by atoms with E-state index in [2.05, 4.69) is 16.4 Å². The molecule has 2 N–H and O–H groups in total. The maximum atomic E-state index is 13.1. The molecule has 0 aliphatic heterocycles. The van der Waals surface area contributed by atoms with Crippen molar-refractivity contribution in [3.8, 4) is 0 Å². The van der Waals surface area contributed by atoms with E-state index in [0.29, 0.717) is 12.1 Å². The van der Waals surface area contributed by atoms with Crippen molar-refractivity contribution in [1.29, 1.82) is 0 Å². The first-order chi connectivity index (χ1) is 11.1. The number of benzene rings is 2. The molecule has 1 amide bonds. The number of carbonyl (C=O) groups excluding carboxylic acids is 1. The first-order valence-electron chi connectivity index (χ1n) is 7.43. The number of carbonyl (C=O) groups is 1. The Kier molecular flexibility index (Phi) is 4.63. The van der Waals surface area contributed by atoms with Crippen LogP contribution in [0.4, 0.5) is 10.1 Å². The van der Waals surface area contributed by atoms with Crippen LogP contribution < -0.4 is 5.32 Å². The van der Waals surface area contributed by atoms with E-state index in [1.54, 1.807) is 0 Å². The molecule has 0 fully saturated rings. The molecule has 0 saturated carbocycles. The molecule has 2 aromatic carbocycles. The predicted octanol–water partition coefficient (Wildman–Crippen LogP) is 4.92. The van der Waals surface area contributed by atoms with Crippen LogP contribution in [0.2, 0.25) is 5.02 Å². The molecule has 0 spiro atoms.